The van der Waals surface area contributed by atoms with Crippen molar-refractivity contribution in [3.8, 4) is 0 Å². The van der Waals surface area contributed by atoms with E-state index in [1.807, 2.05) is 0 Å². The molecule has 4 aliphatic rings. The Morgan fingerprint density at radius 2 is 1.53 bits per heavy atom. The van der Waals surface area contributed by atoms with Crippen molar-refractivity contribution < 1.29 is 8.42 Å². The molecule has 98 valence electrons. The molecule has 4 aliphatic carbocycles. The van der Waals surface area contributed by atoms with E-state index in [0.717, 1.165) is 37.5 Å². The second kappa shape index (κ2) is 4.21. The van der Waals surface area contributed by atoms with Gasteiger partial charge in [-0.2, -0.15) is 0 Å². The van der Waals surface area contributed by atoms with Crippen LogP contribution in [-0.4, -0.2) is 26.8 Å². The molecule has 0 aromatic rings. The van der Waals surface area contributed by atoms with Gasteiger partial charge in [0.1, 0.15) is 0 Å². The van der Waals surface area contributed by atoms with Crippen molar-refractivity contribution in [2.45, 2.75) is 37.4 Å². The zero-order chi connectivity index (χ0) is 12.0. The van der Waals surface area contributed by atoms with E-state index in [2.05, 4.69) is 4.72 Å². The predicted molar refractivity (Wildman–Crippen MR) is 66.8 cm³/mol. The first-order chi connectivity index (χ1) is 8.10. The van der Waals surface area contributed by atoms with Crippen molar-refractivity contribution in [2.24, 2.45) is 29.4 Å². The fourth-order valence-corrected chi connectivity index (χ4v) is 6.73. The van der Waals surface area contributed by atoms with Gasteiger partial charge in [0.15, 0.2) is 0 Å². The lowest BCUT2D eigenvalue weighted by molar-refractivity contribution is 0.0234. The topological polar surface area (TPSA) is 72.2 Å². The normalized spacial score (nSPS) is 44.2. The smallest absolute Gasteiger partial charge is 0.215 e. The van der Waals surface area contributed by atoms with Gasteiger partial charge >= 0.3 is 0 Å². The Balaban J connectivity index is 1.79. The van der Waals surface area contributed by atoms with Gasteiger partial charge in [-0.1, -0.05) is 0 Å². The van der Waals surface area contributed by atoms with Crippen LogP contribution in [-0.2, 0) is 10.0 Å². The van der Waals surface area contributed by atoms with Gasteiger partial charge in [-0.15, -0.1) is 0 Å². The van der Waals surface area contributed by atoms with Crippen molar-refractivity contribution in [1.82, 2.24) is 4.72 Å². The van der Waals surface area contributed by atoms with Crippen molar-refractivity contribution in [2.75, 3.05) is 13.1 Å². The van der Waals surface area contributed by atoms with Crippen molar-refractivity contribution in [3.05, 3.63) is 0 Å². The zero-order valence-corrected chi connectivity index (χ0v) is 11.0. The fourth-order valence-electron chi connectivity index (χ4n) is 4.68. The molecule has 4 fully saturated rings. The molecule has 0 amide bonds. The molecule has 4 rings (SSSR count). The van der Waals surface area contributed by atoms with Crippen molar-refractivity contribution in [3.63, 3.8) is 0 Å². The molecular formula is C12H22N2O2S. The summed E-state index contributed by atoms with van der Waals surface area (Å²) >= 11 is 0. The monoisotopic (exact) mass is 258 g/mol. The second-order valence-corrected chi connectivity index (χ2v) is 8.05. The molecule has 0 spiro atoms. The highest BCUT2D eigenvalue weighted by Crippen LogP contribution is 2.55. The Morgan fingerprint density at radius 3 is 2.00 bits per heavy atom. The Labute approximate surface area is 103 Å². The highest BCUT2D eigenvalue weighted by Gasteiger charge is 2.52. The van der Waals surface area contributed by atoms with E-state index in [0.29, 0.717) is 24.9 Å². The number of nitrogens with two attached hydrogens (primary N) is 1. The van der Waals surface area contributed by atoms with Gasteiger partial charge in [-0.25, -0.2) is 13.1 Å². The van der Waals surface area contributed by atoms with Gasteiger partial charge in [0.2, 0.25) is 10.0 Å². The Morgan fingerprint density at radius 1 is 1.00 bits per heavy atom. The minimum absolute atomic E-state index is 0.123. The molecule has 17 heavy (non-hydrogen) atoms. The summed E-state index contributed by atoms with van der Waals surface area (Å²) in [7, 11) is -3.14. The van der Waals surface area contributed by atoms with Crippen molar-refractivity contribution >= 4 is 10.0 Å². The molecule has 0 radical (unpaired) electrons. The highest BCUT2D eigenvalue weighted by molar-refractivity contribution is 7.90. The Bertz CT molecular complexity index is 365. The first kappa shape index (κ1) is 11.9. The van der Waals surface area contributed by atoms with Crippen LogP contribution in [0.3, 0.4) is 0 Å². The number of nitrogens with one attached hydrogen (secondary N) is 1. The lowest BCUT2D eigenvalue weighted by Gasteiger charge is -2.53. The lowest BCUT2D eigenvalue weighted by atomic mass is 9.56. The molecule has 4 nitrogen and oxygen atoms in total. The molecule has 0 aromatic carbocycles. The summed E-state index contributed by atoms with van der Waals surface area (Å²) in [6.45, 7) is 0.762. The molecule has 4 bridgehead atoms. The summed E-state index contributed by atoms with van der Waals surface area (Å²) in [6, 6.07) is 0. The van der Waals surface area contributed by atoms with E-state index in [1.165, 1.54) is 6.42 Å². The maximum absolute atomic E-state index is 12.3. The molecule has 0 atom stereocenters. The van der Waals surface area contributed by atoms with Crippen LogP contribution in [0.5, 0.6) is 0 Å². The standard InChI is InChI=1S/C12H22N2O2S/c13-1-2-14-17(15,16)12-10-4-8-3-9(6-10)7-11(12)5-8/h8-12,14H,1-7,13H2. The summed E-state index contributed by atoms with van der Waals surface area (Å²) < 4.78 is 27.3. The average molecular weight is 258 g/mol. The first-order valence-corrected chi connectivity index (χ1v) is 8.33. The fraction of sp³-hybridized carbons (Fsp3) is 1.00. The van der Waals surface area contributed by atoms with Crippen LogP contribution in [0, 0.1) is 23.7 Å². The minimum Gasteiger partial charge on any atom is -0.329 e. The number of sulfonamides is 1. The molecule has 0 aromatic heterocycles. The molecule has 4 saturated carbocycles. The van der Waals surface area contributed by atoms with Crippen LogP contribution in [0.25, 0.3) is 0 Å². The summed E-state index contributed by atoms with van der Waals surface area (Å²) in [4.78, 5) is 0. The van der Waals surface area contributed by atoms with E-state index in [4.69, 9.17) is 5.73 Å². The number of hydrogen-bond donors (Lipinski definition) is 2. The van der Waals surface area contributed by atoms with Gasteiger partial charge in [-0.05, 0) is 55.8 Å². The lowest BCUT2D eigenvalue weighted by Crippen LogP contribution is -2.54. The van der Waals surface area contributed by atoms with Gasteiger partial charge in [0.05, 0.1) is 5.25 Å². The Kier molecular flexibility index (Phi) is 2.96. The van der Waals surface area contributed by atoms with Gasteiger partial charge < -0.3 is 5.73 Å². The van der Waals surface area contributed by atoms with Crippen LogP contribution in [0.1, 0.15) is 32.1 Å². The third-order valence-corrected chi connectivity index (χ3v) is 7.04. The molecule has 5 heteroatoms. The van der Waals surface area contributed by atoms with Crippen LogP contribution >= 0.6 is 0 Å². The van der Waals surface area contributed by atoms with Crippen molar-refractivity contribution in [1.29, 1.82) is 0 Å². The van der Waals surface area contributed by atoms with Gasteiger partial charge in [0.25, 0.3) is 0 Å². The predicted octanol–water partition coefficient (Wildman–Crippen LogP) is 0.689. The molecular weight excluding hydrogens is 236 g/mol. The van der Waals surface area contributed by atoms with E-state index in [-0.39, 0.29) is 5.25 Å². The minimum atomic E-state index is -3.14. The van der Waals surface area contributed by atoms with Crippen LogP contribution < -0.4 is 10.5 Å². The second-order valence-electron chi connectivity index (χ2n) is 6.12. The number of hydrogen-bond acceptors (Lipinski definition) is 3. The van der Waals surface area contributed by atoms with E-state index in [9.17, 15) is 8.42 Å². The summed E-state index contributed by atoms with van der Waals surface area (Å²) in [5.41, 5.74) is 5.38. The van der Waals surface area contributed by atoms with E-state index in [1.54, 1.807) is 0 Å². The van der Waals surface area contributed by atoms with E-state index >= 15 is 0 Å². The SMILES string of the molecule is NCCNS(=O)(=O)C1C2CC3CC(C2)CC1C3. The highest BCUT2D eigenvalue weighted by atomic mass is 32.2. The molecule has 3 N–H and O–H groups in total. The summed E-state index contributed by atoms with van der Waals surface area (Å²) in [5, 5.41) is -0.123. The largest absolute Gasteiger partial charge is 0.329 e. The maximum Gasteiger partial charge on any atom is 0.215 e. The van der Waals surface area contributed by atoms with Gasteiger partial charge in [-0.3, -0.25) is 0 Å². The van der Waals surface area contributed by atoms with E-state index < -0.39 is 10.0 Å². The first-order valence-electron chi connectivity index (χ1n) is 6.78. The van der Waals surface area contributed by atoms with Crippen LogP contribution in [0.2, 0.25) is 0 Å². The maximum atomic E-state index is 12.3. The molecule has 0 unspecified atom stereocenters. The van der Waals surface area contributed by atoms with Crippen LogP contribution in [0.15, 0.2) is 0 Å². The zero-order valence-electron chi connectivity index (χ0n) is 10.1. The third-order valence-electron chi connectivity index (χ3n) is 4.95. The number of rotatable bonds is 4. The third kappa shape index (κ3) is 2.02. The molecule has 0 heterocycles. The summed E-state index contributed by atoms with van der Waals surface area (Å²) in [5.74, 6) is 2.47. The average Bonchev–Trinajstić information content (AvgIpc) is 2.24. The Hall–Kier alpha value is -0.130. The quantitative estimate of drug-likeness (QED) is 0.779. The van der Waals surface area contributed by atoms with Gasteiger partial charge in [0, 0.05) is 13.1 Å². The summed E-state index contributed by atoms with van der Waals surface area (Å²) in [6.07, 6.45) is 5.92. The molecule has 0 saturated heterocycles. The molecule has 0 aliphatic heterocycles. The van der Waals surface area contributed by atoms with Crippen LogP contribution in [0.4, 0.5) is 0 Å².